The van der Waals surface area contributed by atoms with Gasteiger partial charge in [0.15, 0.2) is 5.60 Å². The van der Waals surface area contributed by atoms with Crippen molar-refractivity contribution in [3.8, 4) is 11.4 Å². The third kappa shape index (κ3) is 4.18. The van der Waals surface area contributed by atoms with E-state index in [4.69, 9.17) is 20.2 Å². The number of hydrogen-bond donors (Lipinski definition) is 4. The van der Waals surface area contributed by atoms with Crippen LogP contribution in [0.3, 0.4) is 0 Å². The average molecular weight is 580 g/mol. The molecule has 2 atom stereocenters. The third-order valence-corrected chi connectivity index (χ3v) is 8.50. The van der Waals surface area contributed by atoms with Gasteiger partial charge in [0.05, 0.1) is 41.6 Å². The molecule has 4 heterocycles. The van der Waals surface area contributed by atoms with Gasteiger partial charge < -0.3 is 35.5 Å². The summed E-state index contributed by atoms with van der Waals surface area (Å²) in [6, 6.07) is 2.46. The Hall–Kier alpha value is -4.20. The Morgan fingerprint density at radius 1 is 1.26 bits per heavy atom. The van der Waals surface area contributed by atoms with Gasteiger partial charge in [-0.1, -0.05) is 6.92 Å². The lowest BCUT2D eigenvalue weighted by atomic mass is 9.81. The number of benzene rings is 1. The van der Waals surface area contributed by atoms with Crippen molar-refractivity contribution in [2.75, 3.05) is 19.9 Å². The third-order valence-electron chi connectivity index (χ3n) is 8.50. The molecule has 3 aliphatic rings. The highest BCUT2D eigenvalue weighted by Crippen LogP contribution is 2.45. The highest BCUT2D eigenvalue weighted by atomic mass is 19.1. The fraction of sp³-hybridized carbons (Fsp3) is 0.414. The maximum atomic E-state index is 15.0. The lowest BCUT2D eigenvalue weighted by molar-refractivity contribution is -0.172. The first-order chi connectivity index (χ1) is 20.1. The van der Waals surface area contributed by atoms with Crippen LogP contribution >= 0.6 is 0 Å². The van der Waals surface area contributed by atoms with Gasteiger partial charge in [-0.05, 0) is 48.9 Å². The molecule has 0 saturated heterocycles. The SMILES string of the molecule is CCC1(O)C(=O)OCc2c1cc1n(c2=O)Cc2c-1nc1cc(F)c(C)c3c1c2C(NC(=O)COCNC(=O)CN)CC3. The zero-order valence-corrected chi connectivity index (χ0v) is 23.1. The molecule has 2 aliphatic heterocycles. The summed E-state index contributed by atoms with van der Waals surface area (Å²) in [6.45, 7) is 2.52. The summed E-state index contributed by atoms with van der Waals surface area (Å²) in [7, 11) is 0. The zero-order valence-electron chi connectivity index (χ0n) is 23.1. The number of aromatic nitrogens is 2. The summed E-state index contributed by atoms with van der Waals surface area (Å²) in [5, 5.41) is 17.3. The first kappa shape index (κ1) is 27.9. The number of carbonyl (C=O) groups excluding carboxylic acids is 3. The van der Waals surface area contributed by atoms with Gasteiger partial charge in [0.2, 0.25) is 11.8 Å². The van der Waals surface area contributed by atoms with Crippen LogP contribution in [0.15, 0.2) is 16.9 Å². The topological polar surface area (TPSA) is 175 Å². The normalized spacial score (nSPS) is 20.0. The standard InChI is InChI=1S/C29H30FN5O7/c1-3-29(40)17-6-21-26-15(9-35(21)27(38)16(17)10-42-28(29)39)25-19(33-23(37)11-41-12-32-22(36)8-31)5-4-14-13(2)18(30)7-20(34-26)24(14)25/h6-7,19,40H,3-5,8-12,31H2,1-2H3,(H,32,36)(H,33,37). The van der Waals surface area contributed by atoms with Crippen molar-refractivity contribution < 1.29 is 33.4 Å². The van der Waals surface area contributed by atoms with E-state index in [-0.39, 0.29) is 50.6 Å². The second kappa shape index (κ2) is 10.3. The molecule has 6 rings (SSSR count). The van der Waals surface area contributed by atoms with E-state index >= 15 is 4.39 Å². The highest BCUT2D eigenvalue weighted by Gasteiger charge is 2.46. The second-order valence-corrected chi connectivity index (χ2v) is 10.8. The minimum Gasteiger partial charge on any atom is -0.458 e. The van der Waals surface area contributed by atoms with Crippen molar-refractivity contribution in [1.82, 2.24) is 20.2 Å². The molecule has 12 nitrogen and oxygen atoms in total. The fourth-order valence-electron chi connectivity index (χ4n) is 6.28. The Morgan fingerprint density at radius 2 is 2.05 bits per heavy atom. The van der Waals surface area contributed by atoms with E-state index in [0.29, 0.717) is 40.9 Å². The van der Waals surface area contributed by atoms with Crippen molar-refractivity contribution in [3.63, 3.8) is 0 Å². The molecule has 13 heteroatoms. The molecule has 0 saturated carbocycles. The summed E-state index contributed by atoms with van der Waals surface area (Å²) in [4.78, 5) is 55.2. The molecular formula is C29H30FN5O7. The lowest BCUT2D eigenvalue weighted by Gasteiger charge is -2.31. The molecule has 2 amide bonds. The smallest absolute Gasteiger partial charge is 0.343 e. The summed E-state index contributed by atoms with van der Waals surface area (Å²) in [5.74, 6) is -2.07. The Bertz CT molecular complexity index is 1750. The maximum Gasteiger partial charge on any atom is 0.343 e. The summed E-state index contributed by atoms with van der Waals surface area (Å²) >= 11 is 0. The minimum absolute atomic E-state index is 0.00487. The van der Waals surface area contributed by atoms with E-state index in [9.17, 15) is 24.3 Å². The quantitative estimate of drug-likeness (QED) is 0.139. The Balaban J connectivity index is 1.45. The van der Waals surface area contributed by atoms with Gasteiger partial charge in [0.25, 0.3) is 5.56 Å². The van der Waals surface area contributed by atoms with E-state index in [1.165, 1.54) is 10.6 Å². The monoisotopic (exact) mass is 579 g/mol. The Morgan fingerprint density at radius 3 is 2.79 bits per heavy atom. The van der Waals surface area contributed by atoms with E-state index < -0.39 is 40.8 Å². The number of ether oxygens (including phenoxy) is 2. The number of aryl methyl sites for hydroxylation is 1. The number of amides is 2. The molecule has 0 spiro atoms. The van der Waals surface area contributed by atoms with Crippen LogP contribution in [-0.2, 0) is 49.0 Å². The number of nitrogens with zero attached hydrogens (tertiary/aromatic N) is 2. The van der Waals surface area contributed by atoms with Gasteiger partial charge in [0, 0.05) is 22.6 Å². The molecule has 42 heavy (non-hydrogen) atoms. The molecule has 1 aromatic carbocycles. The number of esters is 1. The van der Waals surface area contributed by atoms with Crippen LogP contribution in [0.5, 0.6) is 0 Å². The van der Waals surface area contributed by atoms with Crippen LogP contribution in [0.4, 0.5) is 4.39 Å². The van der Waals surface area contributed by atoms with Crippen LogP contribution < -0.4 is 21.9 Å². The predicted molar refractivity (Wildman–Crippen MR) is 146 cm³/mol. The Labute approximate surface area is 239 Å². The molecule has 0 radical (unpaired) electrons. The average Bonchev–Trinajstić information content (AvgIpc) is 3.35. The van der Waals surface area contributed by atoms with Crippen molar-refractivity contribution in [3.05, 3.63) is 61.7 Å². The van der Waals surface area contributed by atoms with Gasteiger partial charge in [-0.3, -0.25) is 14.4 Å². The van der Waals surface area contributed by atoms with Crippen LogP contribution in [0.25, 0.3) is 22.3 Å². The summed E-state index contributed by atoms with van der Waals surface area (Å²) in [6.07, 6.45) is 0.971. The Kier molecular flexibility index (Phi) is 6.83. The molecule has 2 unspecified atom stereocenters. The molecule has 0 fully saturated rings. The first-order valence-corrected chi connectivity index (χ1v) is 13.7. The highest BCUT2D eigenvalue weighted by molar-refractivity contribution is 5.94. The summed E-state index contributed by atoms with van der Waals surface area (Å²) < 4.78 is 27.0. The minimum atomic E-state index is -1.98. The number of cyclic esters (lactones) is 1. The second-order valence-electron chi connectivity index (χ2n) is 10.8. The summed E-state index contributed by atoms with van der Waals surface area (Å²) in [5.41, 5.74) is 7.16. The van der Waals surface area contributed by atoms with Crippen molar-refractivity contribution in [2.45, 2.75) is 57.9 Å². The van der Waals surface area contributed by atoms with Gasteiger partial charge in [0.1, 0.15) is 25.8 Å². The molecule has 2 aromatic heterocycles. The van der Waals surface area contributed by atoms with Gasteiger partial charge in [-0.15, -0.1) is 0 Å². The van der Waals surface area contributed by atoms with Crippen LogP contribution in [0.2, 0.25) is 0 Å². The number of halogens is 1. The van der Waals surface area contributed by atoms with Crippen molar-refractivity contribution in [1.29, 1.82) is 0 Å². The largest absolute Gasteiger partial charge is 0.458 e. The van der Waals surface area contributed by atoms with Gasteiger partial charge in [-0.2, -0.15) is 0 Å². The number of rotatable bonds is 7. The lowest BCUT2D eigenvalue weighted by Crippen LogP contribution is -2.44. The van der Waals surface area contributed by atoms with E-state index in [0.717, 1.165) is 16.5 Å². The molecule has 3 aromatic rings. The van der Waals surface area contributed by atoms with Crippen molar-refractivity contribution in [2.24, 2.45) is 5.73 Å². The molecule has 1 aliphatic carbocycles. The van der Waals surface area contributed by atoms with Crippen LogP contribution in [0, 0.1) is 12.7 Å². The van der Waals surface area contributed by atoms with Crippen LogP contribution in [-0.4, -0.2) is 52.3 Å². The fourth-order valence-corrected chi connectivity index (χ4v) is 6.28. The van der Waals surface area contributed by atoms with Gasteiger partial charge >= 0.3 is 5.97 Å². The number of pyridine rings is 2. The predicted octanol–water partition coefficient (Wildman–Crippen LogP) is 0.680. The van der Waals surface area contributed by atoms with Crippen LogP contribution in [0.1, 0.15) is 59.2 Å². The number of nitrogens with one attached hydrogen (secondary N) is 2. The molecule has 5 N–H and O–H groups in total. The molecule has 220 valence electrons. The molecular weight excluding hydrogens is 549 g/mol. The van der Waals surface area contributed by atoms with Gasteiger partial charge in [-0.25, -0.2) is 14.2 Å². The first-order valence-electron chi connectivity index (χ1n) is 13.7. The number of fused-ring (bicyclic) bond motifs is 5. The number of hydrogen-bond acceptors (Lipinski definition) is 9. The van der Waals surface area contributed by atoms with Crippen molar-refractivity contribution >= 4 is 28.7 Å². The van der Waals surface area contributed by atoms with E-state index in [2.05, 4.69) is 10.6 Å². The zero-order chi connectivity index (χ0) is 29.9. The maximum absolute atomic E-state index is 15.0. The molecule has 0 bridgehead atoms. The number of carbonyl (C=O) groups is 3. The van der Waals surface area contributed by atoms with E-state index in [1.54, 1.807) is 19.9 Å². The number of nitrogens with two attached hydrogens (primary N) is 1. The van der Waals surface area contributed by atoms with E-state index in [1.807, 2.05) is 0 Å². The number of aliphatic hydroxyl groups is 1.